The topological polar surface area (TPSA) is 190 Å². The Balaban J connectivity index is 1.48. The van der Waals surface area contributed by atoms with Crippen molar-refractivity contribution in [2.24, 2.45) is 0 Å². The Kier molecular flexibility index (Phi) is 10.9. The van der Waals surface area contributed by atoms with Crippen molar-refractivity contribution in [3.8, 4) is 69.0 Å². The smallest absolute Gasteiger partial charge is 0.372 e. The molecule has 0 bridgehead atoms. The molecule has 6 aliphatic rings. The van der Waals surface area contributed by atoms with Crippen LogP contribution in [0, 0.1) is 5.92 Å². The van der Waals surface area contributed by atoms with Gasteiger partial charge in [-0.1, -0.05) is 0 Å². The zero-order valence-corrected chi connectivity index (χ0v) is 42.1. The van der Waals surface area contributed by atoms with Crippen molar-refractivity contribution < 1.29 is 85.4 Å². The van der Waals surface area contributed by atoms with Gasteiger partial charge in [-0.05, 0) is 20.8 Å². The molecule has 0 atom stereocenters. The Morgan fingerprint density at radius 3 is 0.657 bits per heavy atom. The highest BCUT2D eigenvalue weighted by Gasteiger charge is 2.57. The van der Waals surface area contributed by atoms with Crippen LogP contribution in [0.2, 0.25) is 0 Å². The zero-order valence-electron chi connectivity index (χ0n) is 39.7. The van der Waals surface area contributed by atoms with Gasteiger partial charge < -0.3 is 71.1 Å². The second kappa shape index (κ2) is 15.6. The van der Waals surface area contributed by atoms with Crippen LogP contribution in [0.5, 0.6) is 69.0 Å². The first-order valence-corrected chi connectivity index (χ1v) is 24.0. The monoisotopic (exact) mass is 987 g/mol. The van der Waals surface area contributed by atoms with Crippen LogP contribution >= 0.6 is 35.3 Å². The zero-order chi connectivity index (χ0) is 48.6. The van der Waals surface area contributed by atoms with E-state index in [9.17, 15) is 14.4 Å². The van der Waals surface area contributed by atoms with E-state index in [1.807, 2.05) is 0 Å². The number of thioether (sulfide) groups is 3. The summed E-state index contributed by atoms with van der Waals surface area (Å²) in [6.07, 6.45) is 0. The van der Waals surface area contributed by atoms with Gasteiger partial charge in [0.05, 0.1) is 42.4 Å². The van der Waals surface area contributed by atoms with Gasteiger partial charge in [0.15, 0.2) is 69.0 Å². The van der Waals surface area contributed by atoms with Gasteiger partial charge in [0, 0.05) is 118 Å². The van der Waals surface area contributed by atoms with Gasteiger partial charge in [0.1, 0.15) is 14.7 Å². The van der Waals surface area contributed by atoms with Crippen LogP contribution in [0.4, 0.5) is 14.4 Å². The van der Waals surface area contributed by atoms with Crippen LogP contribution in [0.15, 0.2) is 14.7 Å². The van der Waals surface area contributed by atoms with Gasteiger partial charge in [0.2, 0.25) is 34.7 Å². The molecule has 0 saturated heterocycles. The quantitative estimate of drug-likeness (QED) is 0.0850. The summed E-state index contributed by atoms with van der Waals surface area (Å²) < 4.78 is 96.7. The minimum absolute atomic E-state index is 0.0968. The Morgan fingerprint density at radius 1 is 0.328 bits per heavy atom. The first kappa shape index (κ1) is 46.8. The highest BCUT2D eigenvalue weighted by molar-refractivity contribution is 8.14. The maximum absolute atomic E-state index is 13.4. The lowest BCUT2D eigenvalue weighted by Gasteiger charge is -2.28. The molecule has 3 aromatic carbocycles. The standard InChI is InChI=1S/C46H51O18S3/c1-16-50-38(47)65-35-29-23(53-41(4,5)59-29)20(24-30(35)60-42(6,7)54-24)19(21-25-31(61-43(8,9)55-25)36(66-39(48)51-17-2)32-26(21)56-44(10,11)62-32)22-27-33(63-45(12,13)57-27)37(67-40(49)52-18-3)34-28(22)58-46(14,15)64-34/h16-18H2,1-15H3. The predicted octanol–water partition coefficient (Wildman–Crippen LogP) is 11.5. The molecule has 0 fully saturated rings. The molecule has 361 valence electrons. The van der Waals surface area contributed by atoms with Crippen LogP contribution in [-0.2, 0) is 14.2 Å². The van der Waals surface area contributed by atoms with Crippen molar-refractivity contribution in [2.45, 2.75) is 153 Å². The molecule has 6 heterocycles. The first-order chi connectivity index (χ1) is 31.2. The Morgan fingerprint density at radius 2 is 0.493 bits per heavy atom. The van der Waals surface area contributed by atoms with Gasteiger partial charge in [0.25, 0.3) is 0 Å². The molecule has 18 nitrogen and oxygen atoms in total. The van der Waals surface area contributed by atoms with E-state index in [2.05, 4.69) is 0 Å². The Bertz CT molecular complexity index is 2230. The van der Waals surface area contributed by atoms with E-state index >= 15 is 0 Å². The summed E-state index contributed by atoms with van der Waals surface area (Å²) in [5, 5.41) is -1.91. The lowest BCUT2D eigenvalue weighted by atomic mass is 9.81. The fourth-order valence-electron chi connectivity index (χ4n) is 8.16. The van der Waals surface area contributed by atoms with Crippen LogP contribution < -0.4 is 56.8 Å². The third kappa shape index (κ3) is 8.21. The fraction of sp³-hybridized carbons (Fsp3) is 0.522. The van der Waals surface area contributed by atoms with E-state index < -0.39 is 50.6 Å². The third-order valence-electron chi connectivity index (χ3n) is 10.1. The highest BCUT2D eigenvalue weighted by Crippen LogP contribution is 2.72. The molecule has 0 spiro atoms. The molecule has 0 saturated carbocycles. The van der Waals surface area contributed by atoms with E-state index in [4.69, 9.17) is 71.1 Å². The average Bonchev–Trinajstić information content (AvgIpc) is 4.01. The highest BCUT2D eigenvalue weighted by atomic mass is 32.2. The number of carbonyl (C=O) groups excluding carboxylic acids is 3. The van der Waals surface area contributed by atoms with E-state index in [0.717, 1.165) is 35.3 Å². The van der Waals surface area contributed by atoms with Crippen molar-refractivity contribution >= 4 is 51.2 Å². The predicted molar refractivity (Wildman–Crippen MR) is 241 cm³/mol. The summed E-state index contributed by atoms with van der Waals surface area (Å²) in [4.78, 5) is 40.9. The molecule has 3 aromatic rings. The molecule has 67 heavy (non-hydrogen) atoms. The lowest BCUT2D eigenvalue weighted by molar-refractivity contribution is -0.0510. The number of hydrogen-bond donors (Lipinski definition) is 0. The second-order valence-corrected chi connectivity index (χ2v) is 21.3. The van der Waals surface area contributed by atoms with Crippen molar-refractivity contribution in [1.82, 2.24) is 0 Å². The molecule has 0 unspecified atom stereocenters. The number of carbonyl (C=O) groups is 3. The Labute approximate surface area is 399 Å². The van der Waals surface area contributed by atoms with Crippen LogP contribution in [0.3, 0.4) is 0 Å². The lowest BCUT2D eigenvalue weighted by Crippen LogP contribution is -2.32. The first-order valence-electron chi connectivity index (χ1n) is 21.6. The minimum Gasteiger partial charge on any atom is -0.458 e. The fourth-order valence-corrected chi connectivity index (χ4v) is 10.6. The summed E-state index contributed by atoms with van der Waals surface area (Å²) in [5.41, 5.74) is 0.550. The largest absolute Gasteiger partial charge is 0.458 e. The maximum atomic E-state index is 13.4. The molecule has 0 aromatic heterocycles. The van der Waals surface area contributed by atoms with Crippen molar-refractivity contribution in [3.63, 3.8) is 0 Å². The second-order valence-electron chi connectivity index (χ2n) is 18.4. The SMILES string of the molecule is CCOC(=O)Sc1c2c(c([C](c3c4c(c(SC(=O)OCC)c5c3OC(C)(C)O5)OC(C)(C)O4)c3c4c(c(SC(=O)OCC)c5c3OC(C)(C)O5)OC(C)(C)O4)c3c1OC(C)(C)O3)OC(C)(C)O2. The van der Waals surface area contributed by atoms with Crippen LogP contribution in [-0.4, -0.2) is 70.4 Å². The van der Waals surface area contributed by atoms with Gasteiger partial charge in [-0.3, -0.25) is 0 Å². The maximum Gasteiger partial charge on any atom is 0.372 e. The molecular formula is C46H51O18S3. The van der Waals surface area contributed by atoms with E-state index in [1.165, 1.54) is 0 Å². The van der Waals surface area contributed by atoms with Gasteiger partial charge in [-0.2, -0.15) is 0 Å². The number of ether oxygens (including phenoxy) is 15. The molecule has 6 aliphatic heterocycles. The van der Waals surface area contributed by atoms with E-state index in [0.29, 0.717) is 0 Å². The summed E-state index contributed by atoms with van der Waals surface area (Å²) in [5.74, 6) is -6.64. The summed E-state index contributed by atoms with van der Waals surface area (Å²) >= 11 is 2.23. The Hall–Kier alpha value is -5.28. The van der Waals surface area contributed by atoms with Gasteiger partial charge in [-0.15, -0.1) is 0 Å². The molecule has 0 amide bonds. The molecule has 1 radical (unpaired) electrons. The van der Waals surface area contributed by atoms with Crippen molar-refractivity contribution in [1.29, 1.82) is 0 Å². The minimum atomic E-state index is -1.35. The third-order valence-corrected chi connectivity index (χ3v) is 12.7. The normalized spacial score (nSPS) is 19.7. The van der Waals surface area contributed by atoms with Crippen LogP contribution in [0.1, 0.15) is 121 Å². The van der Waals surface area contributed by atoms with Crippen molar-refractivity contribution in [2.75, 3.05) is 19.8 Å². The molecule has 0 N–H and O–H groups in total. The van der Waals surface area contributed by atoms with Gasteiger partial charge in [-0.25, -0.2) is 14.4 Å². The number of benzene rings is 3. The van der Waals surface area contributed by atoms with Crippen LogP contribution in [0.25, 0.3) is 0 Å². The molecular weight excluding hydrogens is 937 g/mol. The average molecular weight is 988 g/mol. The number of hydrogen-bond acceptors (Lipinski definition) is 21. The van der Waals surface area contributed by atoms with Gasteiger partial charge >= 0.3 is 15.9 Å². The molecule has 9 rings (SSSR count). The molecule has 0 aliphatic carbocycles. The molecule has 21 heteroatoms. The number of fused-ring (bicyclic) bond motifs is 6. The van der Waals surface area contributed by atoms with E-state index in [1.54, 1.807) is 104 Å². The number of rotatable bonds is 9. The summed E-state index contributed by atoms with van der Waals surface area (Å²) in [7, 11) is 0. The summed E-state index contributed by atoms with van der Waals surface area (Å²) in [6.45, 7) is 25.9. The van der Waals surface area contributed by atoms with E-state index in [-0.39, 0.29) is 126 Å². The van der Waals surface area contributed by atoms with Crippen molar-refractivity contribution in [3.05, 3.63) is 22.6 Å². The summed E-state index contributed by atoms with van der Waals surface area (Å²) in [6, 6.07) is 0.